The van der Waals surface area contributed by atoms with Crippen LogP contribution in [0, 0.1) is 0 Å². The molecule has 0 radical (unpaired) electrons. The molecule has 0 amide bonds. The molecule has 0 fully saturated rings. The van der Waals surface area contributed by atoms with Gasteiger partial charge in [-0.1, -0.05) is 36.4 Å². The van der Waals surface area contributed by atoms with Crippen LogP contribution in [0.15, 0.2) is 96.0 Å². The second-order valence-corrected chi connectivity index (χ2v) is 7.79. The summed E-state index contributed by atoms with van der Waals surface area (Å²) in [4.78, 5) is 7.76. The Hall–Kier alpha value is -3.74. The Bertz CT molecular complexity index is 1290. The maximum absolute atomic E-state index is 16.3. The second-order valence-electron chi connectivity index (χ2n) is 7.79. The Morgan fingerprint density at radius 2 is 1.48 bits per heavy atom. The first-order valence-electron chi connectivity index (χ1n) is 10.1. The quantitative estimate of drug-likeness (QED) is 0.440. The van der Waals surface area contributed by atoms with Crippen molar-refractivity contribution in [1.29, 1.82) is 0 Å². The van der Waals surface area contributed by atoms with Gasteiger partial charge in [-0.2, -0.15) is 0 Å². The van der Waals surface area contributed by atoms with Gasteiger partial charge in [0.25, 0.3) is 5.82 Å². The van der Waals surface area contributed by atoms with Gasteiger partial charge in [-0.05, 0) is 53.5 Å². The molecule has 1 aliphatic rings. The van der Waals surface area contributed by atoms with Gasteiger partial charge in [-0.3, -0.25) is 0 Å². The maximum Gasteiger partial charge on any atom is 0.642 e. The van der Waals surface area contributed by atoms with Crippen LogP contribution in [-0.2, 0) is 0 Å². The molecule has 0 atom stereocenters. The number of hydrogen-bond acceptors (Lipinski definition) is 3. The molecule has 1 aliphatic heterocycles. The first-order valence-corrected chi connectivity index (χ1v) is 10.1. The maximum atomic E-state index is 16.3. The van der Waals surface area contributed by atoms with E-state index in [4.69, 9.17) is 4.99 Å². The monoisotopic (exact) mass is 414 g/mol. The Morgan fingerprint density at radius 1 is 0.806 bits per heavy atom. The molecular weight excluding hydrogens is 393 g/mol. The van der Waals surface area contributed by atoms with E-state index in [1.54, 1.807) is 42.5 Å². The molecule has 2 heterocycles. The van der Waals surface area contributed by atoms with Crippen LogP contribution in [0.4, 0.5) is 25.8 Å². The number of halogens is 2. The summed E-state index contributed by atoms with van der Waals surface area (Å²) in [7, 11) is 3.89. The molecule has 154 valence electrons. The molecular formula is C24H21BF2N4. The summed E-state index contributed by atoms with van der Waals surface area (Å²) in [5.74, 6) is 0.472. The van der Waals surface area contributed by atoms with Crippen LogP contribution in [0.1, 0.15) is 5.56 Å². The van der Waals surface area contributed by atoms with Crippen molar-refractivity contribution in [3.8, 4) is 0 Å². The van der Waals surface area contributed by atoms with Crippen molar-refractivity contribution in [2.24, 2.45) is 4.99 Å². The third-order valence-corrected chi connectivity index (χ3v) is 5.60. The lowest BCUT2D eigenvalue weighted by Crippen LogP contribution is -2.73. The molecule has 5 rings (SSSR count). The highest BCUT2D eigenvalue weighted by atomic mass is 19.2. The average molecular weight is 414 g/mol. The first kappa shape index (κ1) is 19.2. The van der Waals surface area contributed by atoms with E-state index >= 15 is 8.63 Å². The van der Waals surface area contributed by atoms with E-state index in [9.17, 15) is 0 Å². The summed E-state index contributed by atoms with van der Waals surface area (Å²) < 4.78 is 33.6. The molecule has 4 nitrogen and oxygen atoms in total. The van der Waals surface area contributed by atoms with E-state index in [0.29, 0.717) is 16.8 Å². The average Bonchev–Trinajstić information content (AvgIpc) is 2.78. The summed E-state index contributed by atoms with van der Waals surface area (Å²) in [6.45, 7) is -4.20. The van der Waals surface area contributed by atoms with Crippen LogP contribution in [-0.4, -0.2) is 26.9 Å². The van der Waals surface area contributed by atoms with Gasteiger partial charge in [0, 0.05) is 42.5 Å². The van der Waals surface area contributed by atoms with Crippen molar-refractivity contribution in [1.82, 2.24) is 0 Å². The normalized spacial score (nSPS) is 14.8. The van der Waals surface area contributed by atoms with Gasteiger partial charge >= 0.3 is 6.97 Å². The number of benzene rings is 3. The van der Waals surface area contributed by atoms with E-state index in [1.807, 2.05) is 67.5 Å². The van der Waals surface area contributed by atoms with Crippen molar-refractivity contribution in [2.75, 3.05) is 23.8 Å². The number of para-hydroxylation sites is 2. The smallest absolute Gasteiger partial charge is 0.414 e. The van der Waals surface area contributed by atoms with E-state index in [1.165, 1.54) is 0 Å². The highest BCUT2D eigenvalue weighted by Gasteiger charge is 2.51. The lowest BCUT2D eigenvalue weighted by molar-refractivity contribution is -0.524. The van der Waals surface area contributed by atoms with Gasteiger partial charge in [0.05, 0.1) is 5.52 Å². The molecule has 3 aromatic carbocycles. The molecule has 0 aliphatic carbocycles. The molecule has 0 unspecified atom stereocenters. The third-order valence-electron chi connectivity index (χ3n) is 5.60. The molecule has 0 bridgehead atoms. The van der Waals surface area contributed by atoms with Gasteiger partial charge in [-0.25, -0.2) is 0 Å². The Kier molecular flexibility index (Phi) is 4.47. The predicted molar refractivity (Wildman–Crippen MR) is 123 cm³/mol. The van der Waals surface area contributed by atoms with Crippen LogP contribution >= 0.6 is 0 Å². The molecule has 0 N–H and O–H groups in total. The van der Waals surface area contributed by atoms with Crippen LogP contribution in [0.2, 0.25) is 0 Å². The largest absolute Gasteiger partial charge is 0.642 e. The predicted octanol–water partition coefficient (Wildman–Crippen LogP) is 5.01. The van der Waals surface area contributed by atoms with Crippen molar-refractivity contribution in [3.63, 3.8) is 0 Å². The van der Waals surface area contributed by atoms with Gasteiger partial charge in [0.15, 0.2) is 0 Å². The lowest BCUT2D eigenvalue weighted by atomic mass is 9.87. The summed E-state index contributed by atoms with van der Waals surface area (Å²) in [5.41, 5.74) is 2.48. The first-order chi connectivity index (χ1) is 15.0. The Morgan fingerprint density at radius 3 is 2.19 bits per heavy atom. The van der Waals surface area contributed by atoms with E-state index in [0.717, 1.165) is 20.4 Å². The minimum Gasteiger partial charge on any atom is -0.414 e. The van der Waals surface area contributed by atoms with Crippen molar-refractivity contribution >= 4 is 40.9 Å². The van der Waals surface area contributed by atoms with Crippen molar-refractivity contribution in [2.45, 2.75) is 0 Å². The van der Waals surface area contributed by atoms with Gasteiger partial charge < -0.3 is 22.8 Å². The summed E-state index contributed by atoms with van der Waals surface area (Å²) >= 11 is 0. The minimum atomic E-state index is -4.20. The number of fused-ring (bicyclic) bond motifs is 3. The second kappa shape index (κ2) is 7.20. The number of pyridine rings is 1. The molecule has 7 heteroatoms. The van der Waals surface area contributed by atoms with Crippen LogP contribution < -0.4 is 14.2 Å². The number of aliphatic imine (C=N–C) groups is 1. The summed E-state index contributed by atoms with van der Waals surface area (Å²) in [6.07, 6.45) is 0. The third kappa shape index (κ3) is 3.13. The SMILES string of the molecule is CN(C)c1ccc(C2=Nc3ccc4ccccc4[n+]3[B-](F)(F)N2c2ccccc2)cc1. The zero-order chi connectivity index (χ0) is 21.6. The topological polar surface area (TPSA) is 22.7 Å². The number of aromatic nitrogens is 1. The Balaban J connectivity index is 1.78. The highest BCUT2D eigenvalue weighted by Crippen LogP contribution is 2.32. The molecule has 0 spiro atoms. The standard InChI is InChI=1S/C24H21BF2N4/c1-29(2)20-15-12-19(13-16-20)24-28-23-17-14-18-8-6-7-11-22(18)31(23)25(26,27)30(24)21-9-4-3-5-10-21/h3-17H,1-2H3. The minimum absolute atomic E-state index is 0.233. The number of amidine groups is 1. The fraction of sp³-hybridized carbons (Fsp3) is 0.0833. The van der Waals surface area contributed by atoms with Gasteiger partial charge in [-0.15, -0.1) is 0 Å². The highest BCUT2D eigenvalue weighted by molar-refractivity contribution is 6.68. The van der Waals surface area contributed by atoms with Crippen molar-refractivity contribution in [3.05, 3.63) is 96.6 Å². The van der Waals surface area contributed by atoms with Crippen LogP contribution in [0.3, 0.4) is 0 Å². The van der Waals surface area contributed by atoms with E-state index in [2.05, 4.69) is 0 Å². The van der Waals surface area contributed by atoms with E-state index in [-0.39, 0.29) is 11.7 Å². The number of rotatable bonds is 3. The molecule has 1 aromatic heterocycles. The molecule has 4 aromatic rings. The van der Waals surface area contributed by atoms with Crippen molar-refractivity contribution < 1.29 is 13.1 Å². The summed E-state index contributed by atoms with van der Waals surface area (Å²) in [5, 5.41) is 0.745. The fourth-order valence-corrected chi connectivity index (χ4v) is 4.06. The Labute approximate surface area is 179 Å². The van der Waals surface area contributed by atoms with Crippen LogP contribution in [0.25, 0.3) is 10.9 Å². The zero-order valence-electron chi connectivity index (χ0n) is 17.3. The fourth-order valence-electron chi connectivity index (χ4n) is 4.06. The summed E-state index contributed by atoms with van der Waals surface area (Å²) in [6, 6.07) is 26.9. The van der Waals surface area contributed by atoms with Crippen LogP contribution in [0.5, 0.6) is 0 Å². The molecule has 31 heavy (non-hydrogen) atoms. The van der Waals surface area contributed by atoms with E-state index < -0.39 is 6.97 Å². The molecule has 0 saturated heterocycles. The van der Waals surface area contributed by atoms with Gasteiger partial charge in [0.2, 0.25) is 5.84 Å². The number of hydrogen-bond donors (Lipinski definition) is 0. The number of anilines is 2. The zero-order valence-corrected chi connectivity index (χ0v) is 17.3. The number of nitrogens with zero attached hydrogens (tertiary/aromatic N) is 4. The van der Waals surface area contributed by atoms with Gasteiger partial charge in [0.1, 0.15) is 0 Å². The molecule has 0 saturated carbocycles. The lowest BCUT2D eigenvalue weighted by Gasteiger charge is -2.40.